The molecule has 0 aliphatic carbocycles. The number of carbonyl (C=O) groups is 1. The summed E-state index contributed by atoms with van der Waals surface area (Å²) in [6.07, 6.45) is 3.93. The molecule has 0 bridgehead atoms. The highest BCUT2D eigenvalue weighted by molar-refractivity contribution is 6.34. The molecule has 104 valence electrons. The standard InChI is InChI=1S/C15H15ClN2O2/c1-2-9-20-12-5-3-11(4-6-12)18-15(19)13-7-8-17-10-14(13)16/h3-8,10H,2,9H2,1H3,(H,18,19). The van der Waals surface area contributed by atoms with Gasteiger partial charge in [-0.2, -0.15) is 0 Å². The third kappa shape index (κ3) is 3.71. The van der Waals surface area contributed by atoms with Crippen molar-refractivity contribution in [2.45, 2.75) is 13.3 Å². The van der Waals surface area contributed by atoms with Gasteiger partial charge in [0.2, 0.25) is 0 Å². The molecule has 2 rings (SSSR count). The van der Waals surface area contributed by atoms with E-state index in [0.717, 1.165) is 12.2 Å². The number of pyridine rings is 1. The highest BCUT2D eigenvalue weighted by Gasteiger charge is 2.10. The Bertz CT molecular complexity index is 585. The predicted octanol–water partition coefficient (Wildman–Crippen LogP) is 3.78. The second-order valence-corrected chi connectivity index (χ2v) is 4.59. The first-order valence-corrected chi connectivity index (χ1v) is 6.72. The van der Waals surface area contributed by atoms with Crippen molar-refractivity contribution < 1.29 is 9.53 Å². The number of nitrogens with zero attached hydrogens (tertiary/aromatic N) is 1. The molecule has 0 aliphatic rings. The average Bonchev–Trinajstić information content (AvgIpc) is 2.47. The quantitative estimate of drug-likeness (QED) is 0.912. The molecular weight excluding hydrogens is 276 g/mol. The zero-order chi connectivity index (χ0) is 14.4. The Hall–Kier alpha value is -2.07. The lowest BCUT2D eigenvalue weighted by atomic mass is 10.2. The van der Waals surface area contributed by atoms with Gasteiger partial charge in [-0.25, -0.2) is 0 Å². The van der Waals surface area contributed by atoms with Gasteiger partial charge in [-0.3, -0.25) is 9.78 Å². The number of nitrogens with one attached hydrogen (secondary N) is 1. The molecule has 0 aliphatic heterocycles. The van der Waals surface area contributed by atoms with E-state index in [0.29, 0.717) is 22.9 Å². The van der Waals surface area contributed by atoms with Crippen LogP contribution in [0.15, 0.2) is 42.7 Å². The minimum atomic E-state index is -0.264. The van der Waals surface area contributed by atoms with Crippen LogP contribution in [0.2, 0.25) is 5.02 Å². The molecule has 0 saturated heterocycles. The van der Waals surface area contributed by atoms with Crippen molar-refractivity contribution >= 4 is 23.2 Å². The van der Waals surface area contributed by atoms with E-state index in [1.54, 1.807) is 18.2 Å². The van der Waals surface area contributed by atoms with Crippen LogP contribution < -0.4 is 10.1 Å². The van der Waals surface area contributed by atoms with Gasteiger partial charge in [0.05, 0.1) is 17.2 Å². The van der Waals surface area contributed by atoms with Gasteiger partial charge in [0.1, 0.15) is 5.75 Å². The maximum absolute atomic E-state index is 12.0. The van der Waals surface area contributed by atoms with Crippen molar-refractivity contribution in [3.8, 4) is 5.75 Å². The van der Waals surface area contributed by atoms with Gasteiger partial charge >= 0.3 is 0 Å². The molecule has 1 amide bonds. The lowest BCUT2D eigenvalue weighted by Gasteiger charge is -2.08. The first-order chi connectivity index (χ1) is 9.70. The summed E-state index contributed by atoms with van der Waals surface area (Å²) in [7, 11) is 0. The summed E-state index contributed by atoms with van der Waals surface area (Å²) in [5, 5.41) is 3.10. The smallest absolute Gasteiger partial charge is 0.257 e. The molecule has 0 saturated carbocycles. The summed E-state index contributed by atoms with van der Waals surface area (Å²) in [5.41, 5.74) is 1.08. The monoisotopic (exact) mass is 290 g/mol. The fraction of sp³-hybridized carbons (Fsp3) is 0.200. The zero-order valence-corrected chi connectivity index (χ0v) is 11.9. The summed E-state index contributed by atoms with van der Waals surface area (Å²) in [6, 6.07) is 8.80. The van der Waals surface area contributed by atoms with E-state index < -0.39 is 0 Å². The number of hydrogen-bond donors (Lipinski definition) is 1. The van der Waals surface area contributed by atoms with Crippen LogP contribution in [0.25, 0.3) is 0 Å². The minimum Gasteiger partial charge on any atom is -0.494 e. The number of amides is 1. The Labute approximate surface area is 122 Å². The van der Waals surface area contributed by atoms with Crippen LogP contribution >= 0.6 is 11.6 Å². The maximum Gasteiger partial charge on any atom is 0.257 e. The predicted molar refractivity (Wildman–Crippen MR) is 79.4 cm³/mol. The van der Waals surface area contributed by atoms with Crippen LogP contribution in [-0.2, 0) is 0 Å². The lowest BCUT2D eigenvalue weighted by Crippen LogP contribution is -2.12. The lowest BCUT2D eigenvalue weighted by molar-refractivity contribution is 0.102. The molecule has 20 heavy (non-hydrogen) atoms. The van der Waals surface area contributed by atoms with Crippen LogP contribution in [0, 0.1) is 0 Å². The number of ether oxygens (including phenoxy) is 1. The number of anilines is 1. The average molecular weight is 291 g/mol. The topological polar surface area (TPSA) is 51.2 Å². The number of hydrogen-bond acceptors (Lipinski definition) is 3. The molecule has 1 heterocycles. The third-order valence-electron chi connectivity index (χ3n) is 2.60. The summed E-state index contributed by atoms with van der Waals surface area (Å²) in [6.45, 7) is 2.73. The van der Waals surface area contributed by atoms with Crippen LogP contribution in [-0.4, -0.2) is 17.5 Å². The fourth-order valence-corrected chi connectivity index (χ4v) is 1.82. The number of benzene rings is 1. The van der Waals surface area contributed by atoms with Crippen LogP contribution in [0.5, 0.6) is 5.75 Å². The van der Waals surface area contributed by atoms with Gasteiger partial charge in [-0.05, 0) is 36.8 Å². The molecule has 5 heteroatoms. The Morgan fingerprint density at radius 3 is 2.70 bits per heavy atom. The van der Waals surface area contributed by atoms with Crippen LogP contribution in [0.3, 0.4) is 0 Å². The van der Waals surface area contributed by atoms with E-state index in [9.17, 15) is 4.79 Å². The molecule has 1 aromatic carbocycles. The summed E-state index contributed by atoms with van der Waals surface area (Å²) < 4.78 is 5.48. The van der Waals surface area contributed by atoms with Gasteiger partial charge in [-0.1, -0.05) is 18.5 Å². The van der Waals surface area contributed by atoms with E-state index in [1.807, 2.05) is 19.1 Å². The van der Waals surface area contributed by atoms with Crippen LogP contribution in [0.1, 0.15) is 23.7 Å². The SMILES string of the molecule is CCCOc1ccc(NC(=O)c2ccncc2Cl)cc1. The Morgan fingerprint density at radius 2 is 2.05 bits per heavy atom. The first-order valence-electron chi connectivity index (χ1n) is 6.34. The molecule has 0 spiro atoms. The normalized spacial score (nSPS) is 10.1. The van der Waals surface area contributed by atoms with Crippen molar-refractivity contribution in [3.63, 3.8) is 0 Å². The highest BCUT2D eigenvalue weighted by atomic mass is 35.5. The molecule has 1 N–H and O–H groups in total. The van der Waals surface area contributed by atoms with Gasteiger partial charge in [0.25, 0.3) is 5.91 Å². The van der Waals surface area contributed by atoms with Crippen molar-refractivity contribution in [3.05, 3.63) is 53.3 Å². The van der Waals surface area contributed by atoms with Gasteiger partial charge < -0.3 is 10.1 Å². The second-order valence-electron chi connectivity index (χ2n) is 4.18. The Kier molecular flexibility index (Phi) is 4.96. The number of carbonyl (C=O) groups excluding carboxylic acids is 1. The van der Waals surface area contributed by atoms with Crippen molar-refractivity contribution in [1.82, 2.24) is 4.98 Å². The largest absolute Gasteiger partial charge is 0.494 e. The molecule has 0 fully saturated rings. The van der Waals surface area contributed by atoms with E-state index in [-0.39, 0.29) is 5.91 Å². The Morgan fingerprint density at radius 1 is 1.30 bits per heavy atom. The van der Waals surface area contributed by atoms with E-state index >= 15 is 0 Å². The highest BCUT2D eigenvalue weighted by Crippen LogP contribution is 2.19. The summed E-state index contributed by atoms with van der Waals surface area (Å²) in [4.78, 5) is 15.9. The molecule has 4 nitrogen and oxygen atoms in total. The number of aromatic nitrogens is 1. The van der Waals surface area contributed by atoms with Crippen molar-refractivity contribution in [1.29, 1.82) is 0 Å². The molecule has 0 atom stereocenters. The molecular formula is C15H15ClN2O2. The second kappa shape index (κ2) is 6.91. The molecule has 0 radical (unpaired) electrons. The summed E-state index contributed by atoms with van der Waals surface area (Å²) in [5.74, 6) is 0.520. The summed E-state index contributed by atoms with van der Waals surface area (Å²) >= 11 is 5.92. The number of halogens is 1. The molecule has 1 aromatic heterocycles. The van der Waals surface area contributed by atoms with Crippen LogP contribution in [0.4, 0.5) is 5.69 Å². The van der Waals surface area contributed by atoms with Gasteiger partial charge in [0, 0.05) is 18.1 Å². The third-order valence-corrected chi connectivity index (χ3v) is 2.90. The van der Waals surface area contributed by atoms with Crippen molar-refractivity contribution in [2.75, 3.05) is 11.9 Å². The molecule has 2 aromatic rings. The molecule has 0 unspecified atom stereocenters. The number of rotatable bonds is 5. The fourth-order valence-electron chi connectivity index (χ4n) is 1.61. The Balaban J connectivity index is 2.03. The van der Waals surface area contributed by atoms with E-state index in [4.69, 9.17) is 16.3 Å². The van der Waals surface area contributed by atoms with Gasteiger partial charge in [0.15, 0.2) is 0 Å². The van der Waals surface area contributed by atoms with E-state index in [2.05, 4.69) is 10.3 Å². The first kappa shape index (κ1) is 14.3. The van der Waals surface area contributed by atoms with Crippen molar-refractivity contribution in [2.24, 2.45) is 0 Å². The zero-order valence-electron chi connectivity index (χ0n) is 11.1. The van der Waals surface area contributed by atoms with E-state index in [1.165, 1.54) is 12.4 Å². The minimum absolute atomic E-state index is 0.264. The maximum atomic E-state index is 12.0. The van der Waals surface area contributed by atoms with Gasteiger partial charge in [-0.15, -0.1) is 0 Å².